The van der Waals surface area contributed by atoms with Crippen molar-refractivity contribution in [2.24, 2.45) is 0 Å². The highest BCUT2D eigenvalue weighted by atomic mass is 79.9. The van der Waals surface area contributed by atoms with E-state index >= 15 is 0 Å². The van der Waals surface area contributed by atoms with Gasteiger partial charge < -0.3 is 10.3 Å². The van der Waals surface area contributed by atoms with Crippen LogP contribution < -0.4 is 5.32 Å². The molecule has 2 aromatic heterocycles. The quantitative estimate of drug-likeness (QED) is 0.736. The van der Waals surface area contributed by atoms with E-state index in [1.54, 1.807) is 12.3 Å². The summed E-state index contributed by atoms with van der Waals surface area (Å²) in [7, 11) is 0. The first-order valence-electron chi connectivity index (χ1n) is 6.94. The van der Waals surface area contributed by atoms with Crippen LogP contribution in [0.15, 0.2) is 59.3 Å². The smallest absolute Gasteiger partial charge is 0.267 e. The molecule has 22 heavy (non-hydrogen) atoms. The van der Waals surface area contributed by atoms with Gasteiger partial charge in [0.05, 0.1) is 11.4 Å². The molecule has 0 aliphatic rings. The standard InChI is InChI=1S/C16H15BrN4O/c17-12-10-15(19-11-12)16(22)18-8-6-13-7-9-21(20-13)14-4-2-1-3-5-14/h1-5,7,9-11,19H,6,8H2,(H,18,22). The lowest BCUT2D eigenvalue weighted by Crippen LogP contribution is -2.26. The van der Waals surface area contributed by atoms with Crippen molar-refractivity contribution in [1.29, 1.82) is 0 Å². The molecule has 3 rings (SSSR count). The molecule has 6 heteroatoms. The van der Waals surface area contributed by atoms with Crippen molar-refractivity contribution in [2.45, 2.75) is 6.42 Å². The molecule has 0 bridgehead atoms. The van der Waals surface area contributed by atoms with Crippen LogP contribution in [0.4, 0.5) is 0 Å². The lowest BCUT2D eigenvalue weighted by Gasteiger charge is -2.02. The van der Waals surface area contributed by atoms with Gasteiger partial charge in [-0.1, -0.05) is 18.2 Å². The van der Waals surface area contributed by atoms with Gasteiger partial charge >= 0.3 is 0 Å². The molecule has 0 fully saturated rings. The van der Waals surface area contributed by atoms with Gasteiger partial charge in [0.1, 0.15) is 5.69 Å². The molecule has 0 saturated carbocycles. The van der Waals surface area contributed by atoms with Crippen LogP contribution in [-0.4, -0.2) is 27.2 Å². The molecule has 0 spiro atoms. The van der Waals surface area contributed by atoms with Gasteiger partial charge in [-0.3, -0.25) is 4.79 Å². The number of benzene rings is 1. The molecule has 5 nitrogen and oxygen atoms in total. The SMILES string of the molecule is O=C(NCCc1ccn(-c2ccccc2)n1)c1cc(Br)c[nH]1. The Bertz CT molecular complexity index is 763. The van der Waals surface area contributed by atoms with E-state index < -0.39 is 0 Å². The molecule has 0 unspecified atom stereocenters. The number of para-hydroxylation sites is 1. The predicted molar refractivity (Wildman–Crippen MR) is 88.1 cm³/mol. The highest BCUT2D eigenvalue weighted by Crippen LogP contribution is 2.10. The number of nitrogens with zero attached hydrogens (tertiary/aromatic N) is 2. The van der Waals surface area contributed by atoms with Crippen LogP contribution in [-0.2, 0) is 6.42 Å². The summed E-state index contributed by atoms with van der Waals surface area (Å²) < 4.78 is 2.69. The van der Waals surface area contributed by atoms with Gasteiger partial charge in [0.25, 0.3) is 5.91 Å². The van der Waals surface area contributed by atoms with Gasteiger partial charge in [0, 0.05) is 29.8 Å². The number of H-pyrrole nitrogens is 1. The number of rotatable bonds is 5. The van der Waals surface area contributed by atoms with Crippen LogP contribution in [0, 0.1) is 0 Å². The van der Waals surface area contributed by atoms with E-state index in [1.807, 2.05) is 47.3 Å². The molecular weight excluding hydrogens is 344 g/mol. The molecular formula is C16H15BrN4O. The maximum absolute atomic E-state index is 11.9. The number of carbonyl (C=O) groups excluding carboxylic acids is 1. The first-order chi connectivity index (χ1) is 10.7. The Morgan fingerprint density at radius 1 is 1.27 bits per heavy atom. The third-order valence-corrected chi connectivity index (χ3v) is 3.68. The van der Waals surface area contributed by atoms with Gasteiger partial charge in [-0.05, 0) is 40.2 Å². The third kappa shape index (κ3) is 3.46. The van der Waals surface area contributed by atoms with Crippen LogP contribution >= 0.6 is 15.9 Å². The van der Waals surface area contributed by atoms with Crippen molar-refractivity contribution in [3.63, 3.8) is 0 Å². The lowest BCUT2D eigenvalue weighted by atomic mass is 10.3. The zero-order valence-electron chi connectivity index (χ0n) is 11.8. The number of hydrogen-bond acceptors (Lipinski definition) is 2. The van der Waals surface area contributed by atoms with Crippen LogP contribution in [0.2, 0.25) is 0 Å². The number of carbonyl (C=O) groups is 1. The maximum Gasteiger partial charge on any atom is 0.267 e. The van der Waals surface area contributed by atoms with Gasteiger partial charge in [-0.25, -0.2) is 4.68 Å². The van der Waals surface area contributed by atoms with Crippen molar-refractivity contribution in [2.75, 3.05) is 6.54 Å². The van der Waals surface area contributed by atoms with Gasteiger partial charge in [0.2, 0.25) is 0 Å². The Labute approximate surface area is 136 Å². The summed E-state index contributed by atoms with van der Waals surface area (Å²) >= 11 is 3.31. The predicted octanol–water partition coefficient (Wildman–Crippen LogP) is 2.94. The second-order valence-corrected chi connectivity index (χ2v) is 5.74. The maximum atomic E-state index is 11.9. The highest BCUT2D eigenvalue weighted by Gasteiger charge is 2.07. The minimum absolute atomic E-state index is 0.117. The van der Waals surface area contributed by atoms with Gasteiger partial charge in [0.15, 0.2) is 0 Å². The second kappa shape index (κ2) is 6.62. The number of aromatic nitrogens is 3. The van der Waals surface area contributed by atoms with Crippen LogP contribution in [0.1, 0.15) is 16.2 Å². The zero-order valence-corrected chi connectivity index (χ0v) is 13.4. The van der Waals surface area contributed by atoms with E-state index in [0.29, 0.717) is 18.7 Å². The Hall–Kier alpha value is -2.34. The molecule has 0 atom stereocenters. The van der Waals surface area contributed by atoms with Crippen LogP contribution in [0.3, 0.4) is 0 Å². The third-order valence-electron chi connectivity index (χ3n) is 3.22. The minimum Gasteiger partial charge on any atom is -0.356 e. The van der Waals surface area contributed by atoms with Gasteiger partial charge in [-0.15, -0.1) is 0 Å². The lowest BCUT2D eigenvalue weighted by molar-refractivity contribution is 0.0949. The van der Waals surface area contributed by atoms with Crippen LogP contribution in [0.25, 0.3) is 5.69 Å². The molecule has 0 aliphatic heterocycles. The summed E-state index contributed by atoms with van der Waals surface area (Å²) in [6, 6.07) is 13.6. The van der Waals surface area contributed by atoms with Crippen molar-refractivity contribution in [1.82, 2.24) is 20.1 Å². The monoisotopic (exact) mass is 358 g/mol. The fraction of sp³-hybridized carbons (Fsp3) is 0.125. The summed E-state index contributed by atoms with van der Waals surface area (Å²) in [4.78, 5) is 14.8. The molecule has 2 heterocycles. The second-order valence-electron chi connectivity index (χ2n) is 4.82. The van der Waals surface area contributed by atoms with Crippen molar-refractivity contribution < 1.29 is 4.79 Å². The van der Waals surface area contributed by atoms with E-state index in [4.69, 9.17) is 0 Å². The van der Waals surface area contributed by atoms with E-state index in [9.17, 15) is 4.79 Å². The van der Waals surface area contributed by atoms with Crippen molar-refractivity contribution in [3.8, 4) is 5.69 Å². The van der Waals surface area contributed by atoms with Gasteiger partial charge in [-0.2, -0.15) is 5.10 Å². The largest absolute Gasteiger partial charge is 0.356 e. The molecule has 2 N–H and O–H groups in total. The summed E-state index contributed by atoms with van der Waals surface area (Å²) in [6.45, 7) is 0.543. The number of halogens is 1. The summed E-state index contributed by atoms with van der Waals surface area (Å²) in [5.41, 5.74) is 2.51. The molecule has 0 radical (unpaired) electrons. The Morgan fingerprint density at radius 2 is 2.09 bits per heavy atom. The number of nitrogens with one attached hydrogen (secondary N) is 2. The fourth-order valence-electron chi connectivity index (χ4n) is 2.12. The summed E-state index contributed by atoms with van der Waals surface area (Å²) in [5, 5.41) is 7.37. The molecule has 1 amide bonds. The number of hydrogen-bond donors (Lipinski definition) is 2. The highest BCUT2D eigenvalue weighted by molar-refractivity contribution is 9.10. The number of aromatic amines is 1. The van der Waals surface area contributed by atoms with Crippen LogP contribution in [0.5, 0.6) is 0 Å². The molecule has 3 aromatic rings. The molecule has 112 valence electrons. The van der Waals surface area contributed by atoms with E-state index in [1.165, 1.54) is 0 Å². The first-order valence-corrected chi connectivity index (χ1v) is 7.74. The number of amides is 1. The van der Waals surface area contributed by atoms with Crippen molar-refractivity contribution in [3.05, 3.63) is 70.7 Å². The van der Waals surface area contributed by atoms with E-state index in [-0.39, 0.29) is 5.91 Å². The zero-order chi connectivity index (χ0) is 15.4. The van der Waals surface area contributed by atoms with E-state index in [2.05, 4.69) is 31.3 Å². The topological polar surface area (TPSA) is 62.7 Å². The van der Waals surface area contributed by atoms with Crippen molar-refractivity contribution >= 4 is 21.8 Å². The minimum atomic E-state index is -0.117. The Kier molecular flexibility index (Phi) is 4.39. The Morgan fingerprint density at radius 3 is 2.82 bits per heavy atom. The average Bonchev–Trinajstić information content (AvgIpc) is 3.17. The van der Waals surface area contributed by atoms with E-state index in [0.717, 1.165) is 15.9 Å². The average molecular weight is 359 g/mol. The summed E-state index contributed by atoms with van der Waals surface area (Å²) in [6.07, 6.45) is 4.35. The summed E-state index contributed by atoms with van der Waals surface area (Å²) in [5.74, 6) is -0.117. The molecule has 1 aromatic carbocycles. The molecule has 0 saturated heterocycles. The Balaban J connectivity index is 1.54. The fourth-order valence-corrected chi connectivity index (χ4v) is 2.46. The normalized spacial score (nSPS) is 10.6. The first kappa shape index (κ1) is 14.6. The molecule has 0 aliphatic carbocycles.